The van der Waals surface area contributed by atoms with E-state index in [0.29, 0.717) is 11.7 Å². The maximum atomic E-state index is 9.76. The lowest BCUT2D eigenvalue weighted by Crippen LogP contribution is -2.31. The van der Waals surface area contributed by atoms with Crippen molar-refractivity contribution in [3.8, 4) is 5.75 Å². The Bertz CT molecular complexity index is 541. The topological polar surface area (TPSA) is 40.8 Å². The van der Waals surface area contributed by atoms with Gasteiger partial charge < -0.3 is 14.4 Å². The normalized spacial score (nSPS) is 18.5. The van der Waals surface area contributed by atoms with Gasteiger partial charge in [-0.3, -0.25) is 0 Å². The van der Waals surface area contributed by atoms with Gasteiger partial charge in [0.25, 0.3) is 0 Å². The van der Waals surface area contributed by atoms with Gasteiger partial charge in [0, 0.05) is 12.6 Å². The molecule has 3 rings (SSSR count). The number of pyridine rings is 1. The van der Waals surface area contributed by atoms with Crippen molar-refractivity contribution in [3.63, 3.8) is 0 Å². The highest BCUT2D eigenvalue weighted by molar-refractivity contribution is 5.58. The highest BCUT2D eigenvalue weighted by Gasteiger charge is 2.19. The Labute approximate surface area is 107 Å². The molecule has 1 aliphatic heterocycles. The molecule has 96 valence electrons. The van der Waals surface area contributed by atoms with Gasteiger partial charge in [0.2, 0.25) is 0 Å². The summed E-state index contributed by atoms with van der Waals surface area (Å²) in [6, 6.07) is 3.57. The number of aromatic nitrogens is 2. The molecule has 0 spiro atoms. The van der Waals surface area contributed by atoms with Crippen LogP contribution in [0.3, 0.4) is 0 Å². The minimum Gasteiger partial charge on any atom is -0.506 e. The molecule has 1 saturated heterocycles. The van der Waals surface area contributed by atoms with Gasteiger partial charge in [-0.1, -0.05) is 0 Å². The fourth-order valence-corrected chi connectivity index (χ4v) is 2.74. The Morgan fingerprint density at radius 1 is 1.39 bits per heavy atom. The predicted molar refractivity (Wildman–Crippen MR) is 70.8 cm³/mol. The summed E-state index contributed by atoms with van der Waals surface area (Å²) in [4.78, 5) is 6.84. The molecule has 0 bridgehead atoms. The number of aromatic hydroxyl groups is 1. The SMILES string of the molecule is CN1CCC(Cc2ncc3c(O)cccn23)CC1. The summed E-state index contributed by atoms with van der Waals surface area (Å²) in [5, 5.41) is 9.76. The van der Waals surface area contributed by atoms with Crippen LogP contribution >= 0.6 is 0 Å². The van der Waals surface area contributed by atoms with Crippen LogP contribution in [-0.2, 0) is 6.42 Å². The molecule has 1 fully saturated rings. The highest BCUT2D eigenvalue weighted by Crippen LogP contribution is 2.23. The Hall–Kier alpha value is -1.55. The van der Waals surface area contributed by atoms with Crippen molar-refractivity contribution in [1.82, 2.24) is 14.3 Å². The molecule has 0 aromatic carbocycles. The molecule has 0 unspecified atom stereocenters. The zero-order chi connectivity index (χ0) is 12.5. The summed E-state index contributed by atoms with van der Waals surface area (Å²) in [5.41, 5.74) is 0.806. The molecule has 0 radical (unpaired) electrons. The van der Waals surface area contributed by atoms with E-state index in [9.17, 15) is 5.11 Å². The first-order valence-electron chi connectivity index (χ1n) is 6.56. The largest absolute Gasteiger partial charge is 0.506 e. The van der Waals surface area contributed by atoms with Gasteiger partial charge in [-0.15, -0.1) is 0 Å². The van der Waals surface area contributed by atoms with Crippen molar-refractivity contribution in [2.75, 3.05) is 20.1 Å². The number of imidazole rings is 1. The van der Waals surface area contributed by atoms with Crippen LogP contribution in [0.2, 0.25) is 0 Å². The third kappa shape index (κ3) is 2.08. The second-order valence-corrected chi connectivity index (χ2v) is 5.27. The standard InChI is InChI=1S/C14H19N3O/c1-16-7-4-11(5-8-16)9-14-15-10-12-13(18)3-2-6-17(12)14/h2-3,6,10-11,18H,4-5,7-9H2,1H3. The smallest absolute Gasteiger partial charge is 0.141 e. The zero-order valence-corrected chi connectivity index (χ0v) is 10.7. The minimum absolute atomic E-state index is 0.305. The molecule has 1 aliphatic rings. The third-order valence-electron chi connectivity index (χ3n) is 3.93. The summed E-state index contributed by atoms with van der Waals surface area (Å²) < 4.78 is 2.01. The van der Waals surface area contributed by atoms with E-state index < -0.39 is 0 Å². The molecule has 2 aromatic rings. The van der Waals surface area contributed by atoms with Crippen molar-refractivity contribution >= 4 is 5.52 Å². The number of likely N-dealkylation sites (tertiary alicyclic amines) is 1. The third-order valence-corrected chi connectivity index (χ3v) is 3.93. The Morgan fingerprint density at radius 2 is 2.17 bits per heavy atom. The lowest BCUT2D eigenvalue weighted by molar-refractivity contribution is 0.217. The van der Waals surface area contributed by atoms with Crippen LogP contribution in [0.5, 0.6) is 5.75 Å². The number of hydrogen-bond acceptors (Lipinski definition) is 3. The second-order valence-electron chi connectivity index (χ2n) is 5.27. The molecule has 4 heteroatoms. The van der Waals surface area contributed by atoms with Crippen LogP contribution in [0.4, 0.5) is 0 Å². The molecule has 18 heavy (non-hydrogen) atoms. The number of hydrogen-bond donors (Lipinski definition) is 1. The van der Waals surface area contributed by atoms with Crippen LogP contribution < -0.4 is 0 Å². The molecule has 2 aromatic heterocycles. The lowest BCUT2D eigenvalue weighted by Gasteiger charge is -2.28. The average molecular weight is 245 g/mol. The van der Waals surface area contributed by atoms with Gasteiger partial charge in [-0.25, -0.2) is 4.98 Å². The Morgan fingerprint density at radius 3 is 2.94 bits per heavy atom. The van der Waals surface area contributed by atoms with E-state index in [0.717, 1.165) is 17.8 Å². The Kier molecular flexibility index (Phi) is 2.96. The predicted octanol–water partition coefficient (Wildman–Crippen LogP) is 1.92. The van der Waals surface area contributed by atoms with Crippen LogP contribution in [0.1, 0.15) is 18.7 Å². The molecular formula is C14H19N3O. The van der Waals surface area contributed by atoms with E-state index in [1.54, 1.807) is 12.3 Å². The monoisotopic (exact) mass is 245 g/mol. The molecule has 1 N–H and O–H groups in total. The summed E-state index contributed by atoms with van der Waals surface area (Å²) in [7, 11) is 2.18. The first kappa shape index (κ1) is 11.5. The van der Waals surface area contributed by atoms with E-state index in [4.69, 9.17) is 0 Å². The highest BCUT2D eigenvalue weighted by atomic mass is 16.3. The molecule has 0 aliphatic carbocycles. The van der Waals surface area contributed by atoms with Crippen molar-refractivity contribution in [2.45, 2.75) is 19.3 Å². The van der Waals surface area contributed by atoms with E-state index in [1.807, 2.05) is 16.7 Å². The first-order chi connectivity index (χ1) is 8.74. The van der Waals surface area contributed by atoms with Crippen LogP contribution in [0, 0.1) is 5.92 Å². The summed E-state index contributed by atoms with van der Waals surface area (Å²) >= 11 is 0. The van der Waals surface area contributed by atoms with E-state index in [1.165, 1.54) is 25.9 Å². The van der Waals surface area contributed by atoms with E-state index in [2.05, 4.69) is 16.9 Å². The van der Waals surface area contributed by atoms with Crippen LogP contribution in [-0.4, -0.2) is 39.5 Å². The van der Waals surface area contributed by atoms with Gasteiger partial charge in [-0.05, 0) is 51.0 Å². The van der Waals surface area contributed by atoms with Crippen molar-refractivity contribution in [3.05, 3.63) is 30.4 Å². The summed E-state index contributed by atoms with van der Waals surface area (Å²) in [5.74, 6) is 2.09. The number of fused-ring (bicyclic) bond motifs is 1. The quantitative estimate of drug-likeness (QED) is 0.879. The van der Waals surface area contributed by atoms with Gasteiger partial charge in [0.1, 0.15) is 17.1 Å². The van der Waals surface area contributed by atoms with Crippen molar-refractivity contribution < 1.29 is 5.11 Å². The van der Waals surface area contributed by atoms with Gasteiger partial charge >= 0.3 is 0 Å². The number of nitrogens with zero attached hydrogens (tertiary/aromatic N) is 3. The van der Waals surface area contributed by atoms with Gasteiger partial charge in [-0.2, -0.15) is 0 Å². The molecule has 3 heterocycles. The minimum atomic E-state index is 0.305. The fourth-order valence-electron chi connectivity index (χ4n) is 2.74. The maximum Gasteiger partial charge on any atom is 0.141 e. The summed E-state index contributed by atoms with van der Waals surface area (Å²) in [6.45, 7) is 2.36. The second kappa shape index (κ2) is 4.61. The van der Waals surface area contributed by atoms with Gasteiger partial charge in [0.05, 0.1) is 6.20 Å². The Balaban J connectivity index is 1.81. The molecular weight excluding hydrogens is 226 g/mol. The fraction of sp³-hybridized carbons (Fsp3) is 0.500. The average Bonchev–Trinajstić information content (AvgIpc) is 2.77. The molecule has 0 amide bonds. The first-order valence-corrected chi connectivity index (χ1v) is 6.56. The zero-order valence-electron chi connectivity index (χ0n) is 10.7. The number of rotatable bonds is 2. The molecule has 0 atom stereocenters. The molecule has 0 saturated carbocycles. The maximum absolute atomic E-state index is 9.76. The van der Waals surface area contributed by atoms with Crippen LogP contribution in [0.15, 0.2) is 24.5 Å². The van der Waals surface area contributed by atoms with Crippen molar-refractivity contribution in [1.29, 1.82) is 0 Å². The lowest BCUT2D eigenvalue weighted by atomic mass is 9.93. The van der Waals surface area contributed by atoms with Crippen molar-refractivity contribution in [2.24, 2.45) is 5.92 Å². The summed E-state index contributed by atoms with van der Waals surface area (Å²) in [6.07, 6.45) is 7.23. The van der Waals surface area contributed by atoms with E-state index in [-0.39, 0.29) is 0 Å². The van der Waals surface area contributed by atoms with Crippen LogP contribution in [0.25, 0.3) is 5.52 Å². The van der Waals surface area contributed by atoms with E-state index >= 15 is 0 Å². The van der Waals surface area contributed by atoms with Gasteiger partial charge in [0.15, 0.2) is 0 Å². The molecule has 4 nitrogen and oxygen atoms in total. The number of piperidine rings is 1.